The Morgan fingerprint density at radius 3 is 2.85 bits per heavy atom. The van der Waals surface area contributed by atoms with Gasteiger partial charge in [0.15, 0.2) is 0 Å². The molecular weight excluding hydrogens is 164 g/mol. The van der Waals surface area contributed by atoms with Crippen LogP contribution in [0, 0.1) is 0 Å². The van der Waals surface area contributed by atoms with Crippen LogP contribution in [0.2, 0.25) is 0 Å². The van der Waals surface area contributed by atoms with Crippen LogP contribution in [0.5, 0.6) is 0 Å². The Morgan fingerprint density at radius 1 is 1.38 bits per heavy atom. The van der Waals surface area contributed by atoms with Gasteiger partial charge in [0.05, 0.1) is 0 Å². The van der Waals surface area contributed by atoms with Gasteiger partial charge in [-0.2, -0.15) is 0 Å². The maximum Gasteiger partial charge on any atom is 0.137 e. The lowest BCUT2D eigenvalue weighted by Gasteiger charge is -1.97. The molecule has 0 bridgehead atoms. The Bertz CT molecular complexity index is 395. The van der Waals surface area contributed by atoms with Gasteiger partial charge in [-0.3, -0.25) is 0 Å². The molecule has 1 atom stereocenters. The molecule has 0 amide bonds. The maximum atomic E-state index is 9.42. The zero-order chi connectivity index (χ0) is 9.26. The molecule has 0 aliphatic rings. The number of hydrogen-bond donors (Lipinski definition) is 1. The number of aliphatic hydroxyl groups is 1. The minimum absolute atomic E-state index is 0.538. The molecule has 1 heterocycles. The van der Waals surface area contributed by atoms with Crippen molar-refractivity contribution in [3.63, 3.8) is 0 Å². The average molecular weight is 174 g/mol. The largest absolute Gasteiger partial charge is 0.458 e. The molecule has 2 rings (SSSR count). The summed E-state index contributed by atoms with van der Waals surface area (Å²) in [5.74, 6) is 0.538. The summed E-state index contributed by atoms with van der Waals surface area (Å²) in [4.78, 5) is 0. The summed E-state index contributed by atoms with van der Waals surface area (Å²) in [6.07, 6.45) is 0.727. The monoisotopic (exact) mass is 174 g/mol. The van der Waals surface area contributed by atoms with Crippen LogP contribution < -0.4 is 0 Å². The van der Waals surface area contributed by atoms with Crippen molar-refractivity contribution >= 4 is 11.0 Å². The van der Waals surface area contributed by atoms with Crippen LogP contribution >= 0.6 is 0 Å². The van der Waals surface area contributed by atoms with Gasteiger partial charge in [0.1, 0.15) is 17.4 Å². The fraction of sp³-hybridized carbons (Fsp3) is 0.0909. The Hall–Kier alpha value is -1.54. The van der Waals surface area contributed by atoms with Crippen LogP contribution in [0.15, 0.2) is 47.4 Å². The van der Waals surface area contributed by atoms with Crippen LogP contribution in [-0.4, -0.2) is 5.11 Å². The van der Waals surface area contributed by atoms with Gasteiger partial charge >= 0.3 is 0 Å². The lowest BCUT2D eigenvalue weighted by Crippen LogP contribution is -1.87. The third-order valence-corrected chi connectivity index (χ3v) is 1.96. The van der Waals surface area contributed by atoms with E-state index in [0.717, 1.165) is 11.0 Å². The molecular formula is C11H10O2. The number of rotatable bonds is 2. The average Bonchev–Trinajstić information content (AvgIpc) is 2.59. The highest BCUT2D eigenvalue weighted by Crippen LogP contribution is 2.23. The van der Waals surface area contributed by atoms with E-state index < -0.39 is 6.10 Å². The van der Waals surface area contributed by atoms with Crippen LogP contribution in [0.3, 0.4) is 0 Å². The highest BCUT2D eigenvalue weighted by molar-refractivity contribution is 5.77. The Kier molecular flexibility index (Phi) is 1.91. The molecule has 2 heteroatoms. The van der Waals surface area contributed by atoms with Gasteiger partial charge in [0.25, 0.3) is 0 Å². The first kappa shape index (κ1) is 8.08. The smallest absolute Gasteiger partial charge is 0.137 e. The van der Waals surface area contributed by atoms with Crippen LogP contribution in [-0.2, 0) is 0 Å². The van der Waals surface area contributed by atoms with Gasteiger partial charge < -0.3 is 9.52 Å². The van der Waals surface area contributed by atoms with Crippen LogP contribution in [0.25, 0.3) is 11.0 Å². The molecule has 0 spiro atoms. The van der Waals surface area contributed by atoms with E-state index in [9.17, 15) is 5.11 Å². The van der Waals surface area contributed by atoms with E-state index in [1.165, 1.54) is 6.08 Å². The molecule has 2 nitrogen and oxygen atoms in total. The van der Waals surface area contributed by atoms with Gasteiger partial charge in [0.2, 0.25) is 0 Å². The van der Waals surface area contributed by atoms with Crippen molar-refractivity contribution in [1.82, 2.24) is 0 Å². The van der Waals surface area contributed by atoms with Crippen LogP contribution in [0.4, 0.5) is 0 Å². The molecule has 0 fully saturated rings. The predicted molar refractivity (Wildman–Crippen MR) is 51.4 cm³/mol. The van der Waals surface area contributed by atoms with Crippen molar-refractivity contribution in [2.75, 3.05) is 0 Å². The summed E-state index contributed by atoms with van der Waals surface area (Å²) in [7, 11) is 0. The number of aliphatic hydroxyl groups excluding tert-OH is 1. The summed E-state index contributed by atoms with van der Waals surface area (Å²) in [5.41, 5.74) is 0.790. The number of hydrogen-bond acceptors (Lipinski definition) is 2. The molecule has 0 aliphatic heterocycles. The highest BCUT2D eigenvalue weighted by Gasteiger charge is 2.08. The van der Waals surface area contributed by atoms with Gasteiger partial charge in [-0.25, -0.2) is 0 Å². The number of furan rings is 1. The summed E-state index contributed by atoms with van der Waals surface area (Å²) in [6, 6.07) is 9.46. The van der Waals surface area contributed by atoms with Crippen molar-refractivity contribution in [3.8, 4) is 0 Å². The Morgan fingerprint density at radius 2 is 2.15 bits per heavy atom. The minimum atomic E-state index is -0.715. The van der Waals surface area contributed by atoms with E-state index in [0.29, 0.717) is 5.76 Å². The topological polar surface area (TPSA) is 33.4 Å². The first-order chi connectivity index (χ1) is 6.31. The molecule has 2 aromatic rings. The summed E-state index contributed by atoms with van der Waals surface area (Å²) in [6.45, 7) is 3.50. The SMILES string of the molecule is C=CC(O)c1cc2ccccc2o1. The molecule has 13 heavy (non-hydrogen) atoms. The third-order valence-electron chi connectivity index (χ3n) is 1.96. The number of para-hydroxylation sites is 1. The third kappa shape index (κ3) is 1.36. The van der Waals surface area contributed by atoms with E-state index in [1.54, 1.807) is 0 Å². The molecule has 1 aromatic heterocycles. The predicted octanol–water partition coefficient (Wildman–Crippen LogP) is 2.65. The van der Waals surface area contributed by atoms with Crippen molar-refractivity contribution in [1.29, 1.82) is 0 Å². The quantitative estimate of drug-likeness (QED) is 0.710. The summed E-state index contributed by atoms with van der Waals surface area (Å²) in [5, 5.41) is 10.4. The lowest BCUT2D eigenvalue weighted by atomic mass is 10.2. The summed E-state index contributed by atoms with van der Waals surface area (Å²) >= 11 is 0. The molecule has 66 valence electrons. The van der Waals surface area contributed by atoms with Gasteiger partial charge in [-0.05, 0) is 12.1 Å². The van der Waals surface area contributed by atoms with E-state index in [1.807, 2.05) is 30.3 Å². The lowest BCUT2D eigenvalue weighted by molar-refractivity contribution is 0.200. The second kappa shape index (κ2) is 3.07. The van der Waals surface area contributed by atoms with Crippen molar-refractivity contribution in [3.05, 3.63) is 48.7 Å². The molecule has 0 saturated carbocycles. The number of benzene rings is 1. The second-order valence-corrected chi connectivity index (χ2v) is 2.87. The van der Waals surface area contributed by atoms with E-state index >= 15 is 0 Å². The molecule has 1 aromatic carbocycles. The van der Waals surface area contributed by atoms with Gasteiger partial charge in [0, 0.05) is 5.39 Å². The Labute approximate surface area is 76.1 Å². The van der Waals surface area contributed by atoms with Gasteiger partial charge in [-0.15, -0.1) is 6.58 Å². The molecule has 0 radical (unpaired) electrons. The zero-order valence-electron chi connectivity index (χ0n) is 7.10. The standard InChI is InChI=1S/C11H10O2/c1-2-9(12)11-7-8-5-3-4-6-10(8)13-11/h2-7,9,12H,1H2. The van der Waals surface area contributed by atoms with Crippen LogP contribution in [0.1, 0.15) is 11.9 Å². The van der Waals surface area contributed by atoms with Crippen molar-refractivity contribution < 1.29 is 9.52 Å². The van der Waals surface area contributed by atoms with Gasteiger partial charge in [-0.1, -0.05) is 24.3 Å². The van der Waals surface area contributed by atoms with Crippen molar-refractivity contribution in [2.24, 2.45) is 0 Å². The fourth-order valence-electron chi connectivity index (χ4n) is 1.26. The zero-order valence-corrected chi connectivity index (χ0v) is 7.10. The van der Waals surface area contributed by atoms with E-state index in [4.69, 9.17) is 4.42 Å². The first-order valence-corrected chi connectivity index (χ1v) is 4.10. The first-order valence-electron chi connectivity index (χ1n) is 4.10. The van der Waals surface area contributed by atoms with E-state index in [2.05, 4.69) is 6.58 Å². The molecule has 0 aliphatic carbocycles. The number of fused-ring (bicyclic) bond motifs is 1. The maximum absolute atomic E-state index is 9.42. The highest BCUT2D eigenvalue weighted by atomic mass is 16.4. The normalized spacial score (nSPS) is 13.0. The molecule has 1 unspecified atom stereocenters. The summed E-state index contributed by atoms with van der Waals surface area (Å²) < 4.78 is 5.40. The minimum Gasteiger partial charge on any atom is -0.458 e. The van der Waals surface area contributed by atoms with Crippen molar-refractivity contribution in [2.45, 2.75) is 6.10 Å². The van der Waals surface area contributed by atoms with E-state index in [-0.39, 0.29) is 0 Å². The fourth-order valence-corrected chi connectivity index (χ4v) is 1.26. The molecule has 0 saturated heterocycles. The second-order valence-electron chi connectivity index (χ2n) is 2.87. The Balaban J connectivity index is 2.55. The molecule has 1 N–H and O–H groups in total.